The number of nitrogens with one attached hydrogen (secondary N) is 1. The van der Waals surface area contributed by atoms with E-state index in [0.29, 0.717) is 12.8 Å². The van der Waals surface area contributed by atoms with Crippen molar-refractivity contribution in [3.8, 4) is 0 Å². The lowest BCUT2D eigenvalue weighted by Gasteiger charge is -2.24. The number of hydrogen-bond donors (Lipinski definition) is 1. The zero-order valence-corrected chi connectivity index (χ0v) is 13.0. The molecule has 0 radical (unpaired) electrons. The summed E-state index contributed by atoms with van der Waals surface area (Å²) in [7, 11) is 0. The van der Waals surface area contributed by atoms with Crippen LogP contribution in [-0.4, -0.2) is 21.5 Å². The van der Waals surface area contributed by atoms with E-state index in [1.807, 2.05) is 0 Å². The van der Waals surface area contributed by atoms with Crippen molar-refractivity contribution in [1.29, 1.82) is 0 Å². The third-order valence-electron chi connectivity index (χ3n) is 4.41. The van der Waals surface area contributed by atoms with Gasteiger partial charge in [-0.05, 0) is 24.5 Å². The van der Waals surface area contributed by atoms with Crippen LogP contribution in [-0.2, 0) is 17.5 Å². The van der Waals surface area contributed by atoms with Crippen molar-refractivity contribution < 1.29 is 18.0 Å². The number of carbonyl (C=O) groups is 1. The molecule has 2 aromatic rings. The minimum atomic E-state index is -4.38. The van der Waals surface area contributed by atoms with Crippen LogP contribution >= 0.6 is 0 Å². The molecule has 24 heavy (non-hydrogen) atoms. The van der Waals surface area contributed by atoms with Crippen LogP contribution < -0.4 is 5.32 Å². The summed E-state index contributed by atoms with van der Waals surface area (Å²) in [6.07, 6.45) is 2.52. The Morgan fingerprint density at radius 1 is 1.29 bits per heavy atom. The average Bonchev–Trinajstić information content (AvgIpc) is 3.18. The zero-order valence-electron chi connectivity index (χ0n) is 13.0. The number of imidazole rings is 1. The first-order valence-electron chi connectivity index (χ1n) is 7.86. The number of halogens is 3. The Morgan fingerprint density at radius 2 is 2.08 bits per heavy atom. The lowest BCUT2D eigenvalue weighted by Crippen LogP contribution is -2.38. The van der Waals surface area contributed by atoms with Gasteiger partial charge < -0.3 is 9.88 Å². The summed E-state index contributed by atoms with van der Waals surface area (Å²) in [5.74, 6) is -0.524. The first-order chi connectivity index (χ1) is 11.4. The fraction of sp³-hybridized carbons (Fsp3) is 0.412. The molecule has 0 unspecified atom stereocenters. The largest absolute Gasteiger partial charge is 0.416 e. The molecule has 0 saturated heterocycles. The van der Waals surface area contributed by atoms with E-state index >= 15 is 0 Å². The van der Waals surface area contributed by atoms with E-state index in [-0.39, 0.29) is 30.0 Å². The number of hydrogen-bond acceptors (Lipinski definition) is 2. The summed E-state index contributed by atoms with van der Waals surface area (Å²) < 4.78 is 41.4. The Hall–Kier alpha value is -2.31. The predicted octanol–water partition coefficient (Wildman–Crippen LogP) is 3.35. The molecule has 1 fully saturated rings. The van der Waals surface area contributed by atoms with E-state index in [1.54, 1.807) is 23.0 Å². The van der Waals surface area contributed by atoms with E-state index in [0.717, 1.165) is 12.5 Å². The van der Waals surface area contributed by atoms with Gasteiger partial charge in [0.1, 0.15) is 6.54 Å². The van der Waals surface area contributed by atoms with Crippen LogP contribution in [0.25, 0.3) is 0 Å². The first kappa shape index (κ1) is 16.5. The third-order valence-corrected chi connectivity index (χ3v) is 4.41. The molecule has 0 spiro atoms. The summed E-state index contributed by atoms with van der Waals surface area (Å²) in [5, 5.41) is 2.89. The van der Waals surface area contributed by atoms with Crippen LogP contribution in [0.2, 0.25) is 0 Å². The highest BCUT2D eigenvalue weighted by Crippen LogP contribution is 2.41. The molecule has 1 saturated carbocycles. The molecule has 0 aliphatic heterocycles. The summed E-state index contributed by atoms with van der Waals surface area (Å²) in [4.78, 5) is 16.0. The van der Waals surface area contributed by atoms with E-state index in [4.69, 9.17) is 0 Å². The maximum atomic E-state index is 13.2. The average molecular weight is 337 g/mol. The zero-order chi connectivity index (χ0) is 17.2. The van der Waals surface area contributed by atoms with Gasteiger partial charge in [0.2, 0.25) is 5.91 Å². The van der Waals surface area contributed by atoms with Crippen LogP contribution in [0.3, 0.4) is 0 Å². The second-order valence-corrected chi connectivity index (χ2v) is 6.03. The second kappa shape index (κ2) is 6.67. The summed E-state index contributed by atoms with van der Waals surface area (Å²) in [5.41, 5.74) is -0.332. The lowest BCUT2D eigenvalue weighted by atomic mass is 9.89. The van der Waals surface area contributed by atoms with Gasteiger partial charge in [-0.2, -0.15) is 13.2 Å². The SMILES string of the molecule is O=C(Cn1ccnc1)N[C@H]1CCC[C@H]1c1ccccc1C(F)(F)F. The van der Waals surface area contributed by atoms with E-state index in [1.165, 1.54) is 18.5 Å². The summed E-state index contributed by atoms with van der Waals surface area (Å²) >= 11 is 0. The minimum Gasteiger partial charge on any atom is -0.351 e. The van der Waals surface area contributed by atoms with Crippen LogP contribution in [0, 0.1) is 0 Å². The molecule has 3 rings (SSSR count). The Morgan fingerprint density at radius 3 is 2.79 bits per heavy atom. The van der Waals surface area contributed by atoms with E-state index < -0.39 is 11.7 Å². The Kier molecular flexibility index (Phi) is 4.59. The Labute approximate surface area is 137 Å². The fourth-order valence-electron chi connectivity index (χ4n) is 3.38. The molecule has 0 bridgehead atoms. The van der Waals surface area contributed by atoms with Gasteiger partial charge in [0, 0.05) is 24.4 Å². The van der Waals surface area contributed by atoms with Crippen molar-refractivity contribution >= 4 is 5.91 Å². The molecule has 1 aromatic heterocycles. The molecule has 1 aliphatic rings. The topological polar surface area (TPSA) is 46.9 Å². The summed E-state index contributed by atoms with van der Waals surface area (Å²) in [6.45, 7) is 0.115. The smallest absolute Gasteiger partial charge is 0.351 e. The van der Waals surface area contributed by atoms with Crippen molar-refractivity contribution in [1.82, 2.24) is 14.9 Å². The highest BCUT2D eigenvalue weighted by Gasteiger charge is 2.38. The number of alkyl halides is 3. The van der Waals surface area contributed by atoms with Gasteiger partial charge in [-0.3, -0.25) is 4.79 Å². The van der Waals surface area contributed by atoms with Gasteiger partial charge in [-0.1, -0.05) is 24.6 Å². The molecular weight excluding hydrogens is 319 g/mol. The van der Waals surface area contributed by atoms with Gasteiger partial charge in [0.25, 0.3) is 0 Å². The molecule has 1 heterocycles. The normalized spacial score (nSPS) is 21.0. The highest BCUT2D eigenvalue weighted by atomic mass is 19.4. The van der Waals surface area contributed by atoms with Crippen LogP contribution in [0.15, 0.2) is 43.0 Å². The minimum absolute atomic E-state index is 0.115. The molecule has 1 N–H and O–H groups in total. The quantitative estimate of drug-likeness (QED) is 0.930. The summed E-state index contributed by atoms with van der Waals surface area (Å²) in [6, 6.07) is 5.37. The number of rotatable bonds is 4. The van der Waals surface area contributed by atoms with E-state index in [9.17, 15) is 18.0 Å². The fourth-order valence-corrected chi connectivity index (χ4v) is 3.38. The van der Waals surface area contributed by atoms with Crippen LogP contribution in [0.5, 0.6) is 0 Å². The van der Waals surface area contributed by atoms with Crippen molar-refractivity contribution in [3.63, 3.8) is 0 Å². The van der Waals surface area contributed by atoms with Crippen molar-refractivity contribution in [3.05, 3.63) is 54.1 Å². The third kappa shape index (κ3) is 3.60. The number of carbonyl (C=O) groups excluding carboxylic acids is 1. The van der Waals surface area contributed by atoms with Crippen molar-refractivity contribution in [2.24, 2.45) is 0 Å². The lowest BCUT2D eigenvalue weighted by molar-refractivity contribution is -0.138. The molecule has 4 nitrogen and oxygen atoms in total. The number of nitrogens with zero attached hydrogens (tertiary/aromatic N) is 2. The maximum absolute atomic E-state index is 13.2. The number of benzene rings is 1. The Bertz CT molecular complexity index is 697. The molecule has 128 valence electrons. The van der Waals surface area contributed by atoms with E-state index in [2.05, 4.69) is 10.3 Å². The standard InChI is InChI=1S/C17H18F3N3O/c18-17(19,20)14-6-2-1-4-12(14)13-5-3-7-15(13)22-16(24)10-23-9-8-21-11-23/h1-2,4,6,8-9,11,13,15H,3,5,7,10H2,(H,22,24)/t13-,15-/m0/s1. The van der Waals surface area contributed by atoms with Crippen LogP contribution in [0.4, 0.5) is 13.2 Å². The molecular formula is C17H18F3N3O. The molecule has 1 aliphatic carbocycles. The molecule has 1 amide bonds. The molecule has 7 heteroatoms. The predicted molar refractivity (Wildman–Crippen MR) is 82.2 cm³/mol. The van der Waals surface area contributed by atoms with Gasteiger partial charge in [0.05, 0.1) is 11.9 Å². The molecule has 1 aromatic carbocycles. The number of amides is 1. The first-order valence-corrected chi connectivity index (χ1v) is 7.86. The maximum Gasteiger partial charge on any atom is 0.416 e. The van der Waals surface area contributed by atoms with Gasteiger partial charge in [0.15, 0.2) is 0 Å². The second-order valence-electron chi connectivity index (χ2n) is 6.03. The van der Waals surface area contributed by atoms with Gasteiger partial charge >= 0.3 is 6.18 Å². The van der Waals surface area contributed by atoms with Crippen LogP contribution in [0.1, 0.15) is 36.3 Å². The van der Waals surface area contributed by atoms with Gasteiger partial charge in [-0.15, -0.1) is 0 Å². The van der Waals surface area contributed by atoms with Gasteiger partial charge in [-0.25, -0.2) is 4.98 Å². The monoisotopic (exact) mass is 337 g/mol. The van der Waals surface area contributed by atoms with Crippen molar-refractivity contribution in [2.75, 3.05) is 0 Å². The highest BCUT2D eigenvalue weighted by molar-refractivity contribution is 5.76. The number of aromatic nitrogens is 2. The molecule has 2 atom stereocenters. The Balaban J connectivity index is 1.75. The van der Waals surface area contributed by atoms with Crippen molar-refractivity contribution in [2.45, 2.75) is 43.9 Å².